The maximum Gasteiger partial charge on any atom is 0.409 e. The summed E-state index contributed by atoms with van der Waals surface area (Å²) in [5.74, 6) is -4.34. The number of aryl methyl sites for hydroxylation is 1. The van der Waals surface area contributed by atoms with E-state index in [9.17, 15) is 48.4 Å². The number of epoxide rings is 1. The summed E-state index contributed by atoms with van der Waals surface area (Å²) >= 11 is 6.82. The number of hydrogen-bond donors (Lipinski definition) is 5. The first kappa shape index (κ1) is 67.4. The number of methoxy groups -OCH3 is 2. The molecule has 10 atom stereocenters. The summed E-state index contributed by atoms with van der Waals surface area (Å²) < 4.78 is 57.5. The molecule has 23 nitrogen and oxygen atoms in total. The number of aliphatic hydroxyl groups is 1. The molecule has 0 spiro atoms. The van der Waals surface area contributed by atoms with Crippen molar-refractivity contribution in [2.45, 2.75) is 134 Å². The number of carboxylic acid groups (broad SMARTS) is 1. The van der Waals surface area contributed by atoms with Crippen LogP contribution in [0.2, 0.25) is 5.02 Å². The number of fused-ring (bicyclic) bond motifs is 6. The lowest BCUT2D eigenvalue weighted by Gasteiger charge is -2.42. The van der Waals surface area contributed by atoms with Gasteiger partial charge in [-0.3, -0.25) is 33.9 Å². The topological polar surface area (TPSA) is 287 Å². The minimum absolute atomic E-state index is 0.0130. The van der Waals surface area contributed by atoms with Crippen LogP contribution in [0.15, 0.2) is 66.3 Å². The first-order chi connectivity index (χ1) is 39.7. The minimum atomic E-state index is -4.27. The lowest BCUT2D eigenvalue weighted by Crippen LogP contribution is -2.63. The van der Waals surface area contributed by atoms with Gasteiger partial charge < -0.3 is 67.9 Å². The van der Waals surface area contributed by atoms with E-state index in [-0.39, 0.29) is 82.0 Å². The van der Waals surface area contributed by atoms with Crippen molar-refractivity contribution >= 4 is 71.3 Å². The number of carbonyl (C=O) groups excluding carboxylic acids is 5. The molecule has 25 heteroatoms. The lowest BCUT2D eigenvalue weighted by molar-refractivity contribution is -0.157. The Labute approximate surface area is 496 Å². The second kappa shape index (κ2) is 30.1. The molecule has 1 aromatic heterocycles. The minimum Gasteiger partial charge on any atom is -0.495 e. The molecule has 6 rings (SSSR count). The summed E-state index contributed by atoms with van der Waals surface area (Å²) in [5, 5.41) is 27.7. The number of esters is 1. The Balaban J connectivity index is 1.02. The van der Waals surface area contributed by atoms with Crippen molar-refractivity contribution in [3.63, 3.8) is 0 Å². The molecular weight excluding hydrogens is 1130 g/mol. The number of benzene rings is 2. The summed E-state index contributed by atoms with van der Waals surface area (Å²) in [4.78, 5) is 94.4. The zero-order valence-electron chi connectivity index (χ0n) is 49.8. The number of nitrogens with one attached hydrogen (secondary N) is 2. The van der Waals surface area contributed by atoms with Crippen LogP contribution in [0.4, 0.5) is 10.5 Å². The highest BCUT2D eigenvalue weighted by Gasteiger charge is 2.64. The molecule has 0 saturated carbocycles. The predicted octanol–water partition coefficient (Wildman–Crippen LogP) is 6.26. The maximum absolute atomic E-state index is 14.4. The molecular formula is C59H84ClN6O17P. The molecule has 84 heavy (non-hydrogen) atoms. The Kier molecular flexibility index (Phi) is 24.1. The van der Waals surface area contributed by atoms with Crippen LogP contribution in [-0.4, -0.2) is 188 Å². The van der Waals surface area contributed by atoms with Crippen molar-refractivity contribution in [2.75, 3.05) is 85.9 Å². The van der Waals surface area contributed by atoms with Crippen LogP contribution >= 0.6 is 19.1 Å². The zero-order valence-corrected chi connectivity index (χ0v) is 51.5. The van der Waals surface area contributed by atoms with Crippen molar-refractivity contribution < 1.29 is 81.6 Å². The number of rotatable bonds is 27. The molecule has 0 aliphatic carbocycles. The third-order valence-electron chi connectivity index (χ3n) is 16.1. The van der Waals surface area contributed by atoms with Gasteiger partial charge in [-0.2, -0.15) is 0 Å². The fourth-order valence-corrected chi connectivity index (χ4v) is 12.2. The number of carboxylic acids is 1. The number of nitrogens with zero attached hydrogens (tertiary/aromatic N) is 4. The Morgan fingerprint density at radius 1 is 1.05 bits per heavy atom. The maximum atomic E-state index is 14.4. The molecule has 3 aromatic rings. The fourth-order valence-electron chi connectivity index (χ4n) is 10.6. The average molecular weight is 1220 g/mol. The van der Waals surface area contributed by atoms with E-state index >= 15 is 0 Å². The Morgan fingerprint density at radius 3 is 2.45 bits per heavy atom. The molecule has 3 aliphatic rings. The second-order valence-corrected chi connectivity index (χ2v) is 25.0. The number of alkyl carbamates (subject to hydrolysis) is 1. The number of halogens is 1. The summed E-state index contributed by atoms with van der Waals surface area (Å²) in [7, 11) is 3.42. The smallest absolute Gasteiger partial charge is 0.409 e. The van der Waals surface area contributed by atoms with Crippen LogP contribution in [0.1, 0.15) is 84.4 Å². The third kappa shape index (κ3) is 17.5. The predicted molar refractivity (Wildman–Crippen MR) is 314 cm³/mol. The van der Waals surface area contributed by atoms with Gasteiger partial charge in [-0.25, -0.2) is 9.46 Å². The molecule has 3 aliphatic heterocycles. The van der Waals surface area contributed by atoms with E-state index in [0.29, 0.717) is 30.9 Å². The number of allylic oxidation sites excluding steroid dienone is 3. The number of aliphatic carboxylic acids is 1. The van der Waals surface area contributed by atoms with Crippen LogP contribution in [-0.2, 0) is 76.5 Å². The summed E-state index contributed by atoms with van der Waals surface area (Å²) in [5.41, 5.74) is 0.751. The molecule has 1 unspecified atom stereocenters. The van der Waals surface area contributed by atoms with Crippen LogP contribution in [0.25, 0.3) is 10.9 Å². The van der Waals surface area contributed by atoms with Crippen LogP contribution in [0, 0.1) is 11.8 Å². The highest BCUT2D eigenvalue weighted by Crippen LogP contribution is 2.50. The number of hydrogen-bond acceptors (Lipinski definition) is 16. The monoisotopic (exact) mass is 1210 g/mol. The van der Waals surface area contributed by atoms with Crippen LogP contribution in [0.3, 0.4) is 0 Å². The van der Waals surface area contributed by atoms with E-state index in [1.807, 2.05) is 44.3 Å². The molecule has 2 fully saturated rings. The molecule has 2 aromatic carbocycles. The summed E-state index contributed by atoms with van der Waals surface area (Å²) in [6, 6.07) is 12.2. The summed E-state index contributed by atoms with van der Waals surface area (Å²) in [6.07, 6.45) is -0.560. The first-order valence-corrected chi connectivity index (χ1v) is 30.5. The number of Topliss-reactive ketones (excluding diaryl/α,β-unsaturated/α-hetero) is 1. The van der Waals surface area contributed by atoms with E-state index < -0.39 is 97.4 Å². The van der Waals surface area contributed by atoms with Gasteiger partial charge in [0.15, 0.2) is 5.72 Å². The fraction of sp³-hybridized carbons (Fsp3) is 0.593. The Hall–Kier alpha value is -5.72. The quantitative estimate of drug-likeness (QED) is 0.0244. The normalized spacial score (nSPS) is 25.3. The van der Waals surface area contributed by atoms with E-state index in [0.717, 1.165) is 38.9 Å². The third-order valence-corrected chi connectivity index (χ3v) is 18.6. The van der Waals surface area contributed by atoms with Gasteiger partial charge in [-0.1, -0.05) is 67.4 Å². The van der Waals surface area contributed by atoms with E-state index in [4.69, 9.17) is 44.8 Å². The van der Waals surface area contributed by atoms with Gasteiger partial charge in [0, 0.05) is 82.5 Å². The highest BCUT2D eigenvalue weighted by molar-refractivity contribution is 7.55. The largest absolute Gasteiger partial charge is 0.495 e. The second-order valence-electron chi connectivity index (χ2n) is 22.2. The number of carbonyl (C=O) groups is 6. The van der Waals surface area contributed by atoms with Gasteiger partial charge in [-0.15, -0.1) is 0 Å². The van der Waals surface area contributed by atoms with Gasteiger partial charge >= 0.3 is 18.0 Å². The Morgan fingerprint density at radius 2 is 1.76 bits per heavy atom. The van der Waals surface area contributed by atoms with Crippen molar-refractivity contribution in [3.8, 4) is 5.75 Å². The Bertz CT molecular complexity index is 2940. The summed E-state index contributed by atoms with van der Waals surface area (Å²) in [6.45, 7) is 10.7. The van der Waals surface area contributed by atoms with Gasteiger partial charge in [-0.05, 0) is 89.5 Å². The van der Waals surface area contributed by atoms with Crippen molar-refractivity contribution in [3.05, 3.63) is 82.5 Å². The zero-order chi connectivity index (χ0) is 61.7. The van der Waals surface area contributed by atoms with Crippen molar-refractivity contribution in [1.82, 2.24) is 24.8 Å². The molecule has 2 saturated heterocycles. The number of amides is 3. The van der Waals surface area contributed by atoms with Crippen molar-refractivity contribution in [2.24, 2.45) is 11.8 Å². The highest BCUT2D eigenvalue weighted by atomic mass is 35.5. The van der Waals surface area contributed by atoms with E-state index in [1.54, 1.807) is 38.1 Å². The van der Waals surface area contributed by atoms with Gasteiger partial charge in [0.05, 0.1) is 57.9 Å². The van der Waals surface area contributed by atoms with Gasteiger partial charge in [0.2, 0.25) is 11.8 Å². The molecule has 464 valence electrons. The SMILES string of the molecule is CCN(C)Cc1cc2ccccc2n1CCC(=O)C[C@@H](CCC(=O)O)C(=O)NCCOCCOCCP(=O)(O)N(C)[C@@H](C)C(=O)O[C@H]1CC(=O)N(C)c2cc(cc(OC)c2Cl)C/C(C)=C/C=C/[C@@H](OC)[C@@]2(O)C[C@H](OC(=O)N2)[C@@H](C)[C@@H]2O[C@@]12C. The number of ether oxygens (including phenoxy) is 7. The average Bonchev–Trinajstić information content (AvgIpc) is 1.69. The van der Waals surface area contributed by atoms with Crippen LogP contribution < -0.4 is 20.3 Å². The standard InChI is InChI=1S/C59H84ClN6O17P/c1-11-63(6)36-43-32-41-16-12-13-17-45(41)66(43)23-21-44(67)33-42(19-20-52(69)70)55(71)61-22-24-79-25-26-80-27-28-84(75,76)65(8)39(4)56(72)82-50-34-51(68)64(7)46-30-40(31-47(77-9)53(46)60)29-37(2)15-14-18-49(78-10)59(74)35-48(81-57(73)62-59)38(3)54-58(50,5)83-54/h12-18,30-32,38-39,42,48-50,54,74H,11,19-29,33-36H2,1-10H3,(H,61,71)(H,62,73)(H,69,70)(H,75,76)/b18-14+,37-15+/t38-,39+,42-,48+,49-,50+,54+,58+,59+/m1/s1. The molecule has 4 bridgehead atoms. The van der Waals surface area contributed by atoms with Gasteiger partial charge in [0.25, 0.3) is 7.52 Å². The number of aromatic nitrogens is 1. The molecule has 5 N–H and O–H groups in total. The van der Waals surface area contributed by atoms with E-state index in [2.05, 4.69) is 33.1 Å². The number of ketones is 1. The lowest BCUT2D eigenvalue weighted by atomic mass is 9.83. The number of likely N-dealkylation sites (N-methyl/N-ethyl adjacent to an activating group) is 1. The van der Waals surface area contributed by atoms with Gasteiger partial charge in [0.1, 0.15) is 46.5 Å². The molecule has 4 heterocycles. The number of anilines is 1. The molecule has 0 radical (unpaired) electrons. The van der Waals surface area contributed by atoms with E-state index in [1.165, 1.54) is 40.1 Å². The number of para-hydroxylation sites is 1. The van der Waals surface area contributed by atoms with Crippen LogP contribution in [0.5, 0.6) is 5.75 Å². The van der Waals surface area contributed by atoms with Crippen molar-refractivity contribution in [1.29, 1.82) is 0 Å². The first-order valence-electron chi connectivity index (χ1n) is 28.3. The molecule has 3 amide bonds.